The lowest BCUT2D eigenvalue weighted by atomic mass is 10.0. The van der Waals surface area contributed by atoms with Crippen molar-refractivity contribution in [3.05, 3.63) is 35.9 Å². The molecule has 1 amide bonds. The molecule has 2 rings (SSSR count). The van der Waals surface area contributed by atoms with Gasteiger partial charge in [0.05, 0.1) is 13.2 Å². The quantitative estimate of drug-likeness (QED) is 0.796. The largest absolute Gasteiger partial charge is 0.379 e. The van der Waals surface area contributed by atoms with E-state index in [1.165, 1.54) is 0 Å². The number of amides is 1. The van der Waals surface area contributed by atoms with Crippen LogP contribution in [0.1, 0.15) is 31.9 Å². The van der Waals surface area contributed by atoms with E-state index in [4.69, 9.17) is 10.5 Å². The second-order valence-corrected chi connectivity index (χ2v) is 6.41. The molecular formula is C17H29Cl2N3O2. The van der Waals surface area contributed by atoms with Crippen LogP contribution in [0.4, 0.5) is 0 Å². The fourth-order valence-electron chi connectivity index (χ4n) is 2.69. The lowest BCUT2D eigenvalue weighted by Crippen LogP contribution is -2.55. The summed E-state index contributed by atoms with van der Waals surface area (Å²) in [6, 6.07) is 9.48. The third-order valence-electron chi connectivity index (χ3n) is 4.22. The Morgan fingerprint density at radius 3 is 2.42 bits per heavy atom. The first-order valence-corrected chi connectivity index (χ1v) is 7.89. The van der Waals surface area contributed by atoms with E-state index >= 15 is 0 Å². The van der Waals surface area contributed by atoms with Gasteiger partial charge >= 0.3 is 0 Å². The average Bonchev–Trinajstić information content (AvgIpc) is 2.55. The van der Waals surface area contributed by atoms with Gasteiger partial charge in [0.1, 0.15) is 0 Å². The van der Waals surface area contributed by atoms with Crippen molar-refractivity contribution in [1.29, 1.82) is 0 Å². The summed E-state index contributed by atoms with van der Waals surface area (Å²) in [6.07, 6.45) is 0.309. The van der Waals surface area contributed by atoms with Gasteiger partial charge in [-0.3, -0.25) is 9.69 Å². The third kappa shape index (κ3) is 6.95. The molecule has 1 heterocycles. The van der Waals surface area contributed by atoms with Gasteiger partial charge in [0.2, 0.25) is 5.91 Å². The molecule has 5 nitrogen and oxygen atoms in total. The maximum atomic E-state index is 12.1. The first kappa shape index (κ1) is 23.1. The van der Waals surface area contributed by atoms with Crippen LogP contribution in [0.25, 0.3) is 0 Å². The van der Waals surface area contributed by atoms with Crippen LogP contribution < -0.4 is 11.1 Å². The van der Waals surface area contributed by atoms with Crippen molar-refractivity contribution in [3.8, 4) is 0 Å². The number of carbonyl (C=O) groups is 1. The minimum absolute atomic E-state index is 0. The van der Waals surface area contributed by atoms with Gasteiger partial charge in [-0.25, -0.2) is 0 Å². The van der Waals surface area contributed by atoms with Crippen molar-refractivity contribution in [3.63, 3.8) is 0 Å². The molecule has 138 valence electrons. The van der Waals surface area contributed by atoms with Gasteiger partial charge in [-0.1, -0.05) is 30.3 Å². The fourth-order valence-corrected chi connectivity index (χ4v) is 2.69. The summed E-state index contributed by atoms with van der Waals surface area (Å²) in [6.45, 7) is 8.25. The topological polar surface area (TPSA) is 67.6 Å². The first-order chi connectivity index (χ1) is 10.5. The summed E-state index contributed by atoms with van der Waals surface area (Å²) < 4.78 is 5.38. The molecule has 0 bridgehead atoms. The molecule has 1 aromatic carbocycles. The molecule has 0 saturated carbocycles. The summed E-state index contributed by atoms with van der Waals surface area (Å²) >= 11 is 0. The van der Waals surface area contributed by atoms with E-state index in [0.717, 1.165) is 31.9 Å². The maximum absolute atomic E-state index is 12.1. The normalized spacial score (nSPS) is 16.5. The van der Waals surface area contributed by atoms with Crippen LogP contribution in [0.3, 0.4) is 0 Å². The van der Waals surface area contributed by atoms with Gasteiger partial charge in [0, 0.05) is 37.6 Å². The second kappa shape index (κ2) is 10.9. The van der Waals surface area contributed by atoms with E-state index in [2.05, 4.69) is 24.1 Å². The number of halogens is 2. The summed E-state index contributed by atoms with van der Waals surface area (Å²) in [5.41, 5.74) is 7.01. The van der Waals surface area contributed by atoms with E-state index in [1.807, 2.05) is 30.3 Å². The minimum atomic E-state index is -0.257. The number of benzene rings is 1. The highest BCUT2D eigenvalue weighted by Crippen LogP contribution is 2.16. The number of morpholine rings is 1. The fraction of sp³-hybridized carbons (Fsp3) is 0.588. The second-order valence-electron chi connectivity index (χ2n) is 6.41. The molecular weight excluding hydrogens is 349 g/mol. The van der Waals surface area contributed by atoms with E-state index < -0.39 is 0 Å². The van der Waals surface area contributed by atoms with Crippen molar-refractivity contribution in [2.24, 2.45) is 5.73 Å². The van der Waals surface area contributed by atoms with Crippen molar-refractivity contribution in [1.82, 2.24) is 10.2 Å². The monoisotopic (exact) mass is 377 g/mol. The molecule has 1 unspecified atom stereocenters. The number of nitrogens with one attached hydrogen (secondary N) is 1. The number of hydrogen-bond donors (Lipinski definition) is 2. The van der Waals surface area contributed by atoms with Gasteiger partial charge in [-0.15, -0.1) is 24.8 Å². The van der Waals surface area contributed by atoms with Crippen LogP contribution in [-0.2, 0) is 9.53 Å². The van der Waals surface area contributed by atoms with Gasteiger partial charge < -0.3 is 15.8 Å². The van der Waals surface area contributed by atoms with E-state index in [1.54, 1.807) is 0 Å². The maximum Gasteiger partial charge on any atom is 0.221 e. The molecule has 1 atom stereocenters. The Morgan fingerprint density at radius 2 is 1.83 bits per heavy atom. The number of nitrogens with zero attached hydrogens (tertiary/aromatic N) is 1. The molecule has 0 aromatic heterocycles. The molecule has 7 heteroatoms. The van der Waals surface area contributed by atoms with Gasteiger partial charge in [0.15, 0.2) is 0 Å². The van der Waals surface area contributed by atoms with Gasteiger partial charge in [-0.2, -0.15) is 0 Å². The number of nitrogens with two attached hydrogens (primary N) is 1. The standard InChI is InChI=1S/C17H27N3O2.2ClH/c1-17(2,20-8-10-22-11-9-20)13-19-16(21)12-15(18)14-6-4-3-5-7-14;;/h3-7,15H,8-13,18H2,1-2H3,(H,19,21);2*1H. The van der Waals surface area contributed by atoms with Crippen molar-refractivity contribution in [2.75, 3.05) is 32.8 Å². The van der Waals surface area contributed by atoms with Crippen LogP contribution in [0.5, 0.6) is 0 Å². The average molecular weight is 378 g/mol. The zero-order valence-corrected chi connectivity index (χ0v) is 16.0. The molecule has 1 aliphatic rings. The molecule has 0 radical (unpaired) electrons. The van der Waals surface area contributed by atoms with Crippen molar-refractivity contribution in [2.45, 2.75) is 31.8 Å². The molecule has 3 N–H and O–H groups in total. The SMILES string of the molecule is CC(C)(CNC(=O)CC(N)c1ccccc1)N1CCOCC1.Cl.Cl. The summed E-state index contributed by atoms with van der Waals surface area (Å²) in [4.78, 5) is 14.5. The summed E-state index contributed by atoms with van der Waals surface area (Å²) in [5, 5.41) is 3.02. The van der Waals surface area contributed by atoms with Crippen LogP contribution in [0.2, 0.25) is 0 Å². The Kier molecular flexibility index (Phi) is 10.5. The van der Waals surface area contributed by atoms with Crippen LogP contribution in [0, 0.1) is 0 Å². The Labute approximate surface area is 157 Å². The zero-order valence-electron chi connectivity index (χ0n) is 14.4. The first-order valence-electron chi connectivity index (χ1n) is 7.89. The smallest absolute Gasteiger partial charge is 0.221 e. The molecule has 24 heavy (non-hydrogen) atoms. The Morgan fingerprint density at radius 1 is 1.25 bits per heavy atom. The lowest BCUT2D eigenvalue weighted by molar-refractivity contribution is -0.122. The molecule has 1 aliphatic heterocycles. The van der Waals surface area contributed by atoms with Crippen LogP contribution in [0.15, 0.2) is 30.3 Å². The van der Waals surface area contributed by atoms with Gasteiger partial charge in [0.25, 0.3) is 0 Å². The highest BCUT2D eigenvalue weighted by molar-refractivity contribution is 5.85. The van der Waals surface area contributed by atoms with Crippen LogP contribution in [-0.4, -0.2) is 49.2 Å². The van der Waals surface area contributed by atoms with Gasteiger partial charge in [-0.05, 0) is 19.4 Å². The molecule has 1 saturated heterocycles. The highest BCUT2D eigenvalue weighted by atomic mass is 35.5. The number of carbonyl (C=O) groups excluding carboxylic acids is 1. The third-order valence-corrected chi connectivity index (χ3v) is 4.22. The Hall–Kier alpha value is -0.850. The Bertz CT molecular complexity index is 480. The molecule has 1 fully saturated rings. The van der Waals surface area contributed by atoms with E-state index in [-0.39, 0.29) is 42.3 Å². The lowest BCUT2D eigenvalue weighted by Gasteiger charge is -2.40. The molecule has 0 aliphatic carbocycles. The summed E-state index contributed by atoms with van der Waals surface area (Å²) in [7, 11) is 0. The number of rotatable bonds is 6. The number of ether oxygens (including phenoxy) is 1. The van der Waals surface area contributed by atoms with Crippen LogP contribution >= 0.6 is 24.8 Å². The summed E-state index contributed by atoms with van der Waals surface area (Å²) in [5.74, 6) is -0.00214. The molecule has 0 spiro atoms. The van der Waals surface area contributed by atoms with Crippen molar-refractivity contribution < 1.29 is 9.53 Å². The predicted octanol–water partition coefficient (Wildman–Crippen LogP) is 2.15. The highest BCUT2D eigenvalue weighted by Gasteiger charge is 2.28. The van der Waals surface area contributed by atoms with Crippen molar-refractivity contribution >= 4 is 30.7 Å². The zero-order chi connectivity index (χ0) is 16.0. The number of hydrogen-bond acceptors (Lipinski definition) is 4. The van der Waals surface area contributed by atoms with E-state index in [0.29, 0.717) is 13.0 Å². The predicted molar refractivity (Wildman–Crippen MR) is 102 cm³/mol. The Balaban J connectivity index is 0.00000264. The minimum Gasteiger partial charge on any atom is -0.379 e. The van der Waals surface area contributed by atoms with E-state index in [9.17, 15) is 4.79 Å². The molecule has 1 aromatic rings.